The molecule has 0 spiro atoms. The summed E-state index contributed by atoms with van der Waals surface area (Å²) in [6.07, 6.45) is 5.91. The molecule has 2 saturated heterocycles. The zero-order valence-corrected chi connectivity index (χ0v) is 36.8. The Bertz CT molecular complexity index is 1940. The van der Waals surface area contributed by atoms with Crippen LogP contribution < -0.4 is 20.3 Å². The number of hydrogen-bond donors (Lipinski definition) is 3. The third kappa shape index (κ3) is 10.9. The molecule has 18 heteroatoms. The molecule has 6 amide bonds. The number of nitrogens with zero attached hydrogens (tertiary/aromatic N) is 3. The first-order valence-corrected chi connectivity index (χ1v) is 20.8. The Morgan fingerprint density at radius 1 is 1.11 bits per heavy atom. The molecule has 4 aliphatic heterocycles. The van der Waals surface area contributed by atoms with Crippen LogP contribution in [0.25, 0.3) is 0 Å². The van der Waals surface area contributed by atoms with Crippen molar-refractivity contribution in [2.24, 2.45) is 5.92 Å². The van der Waals surface area contributed by atoms with Gasteiger partial charge in [-0.05, 0) is 57.7 Å². The van der Waals surface area contributed by atoms with Crippen molar-refractivity contribution in [3.05, 3.63) is 58.7 Å². The first kappa shape index (κ1) is 47.1. The van der Waals surface area contributed by atoms with Gasteiger partial charge in [-0.3, -0.25) is 24.6 Å². The number of carbonyl (C=O) groups is 6. The zero-order valence-electron chi connectivity index (χ0n) is 36.0. The first-order valence-electron chi connectivity index (χ1n) is 20.5. The number of methoxy groups -OCH3 is 2. The Balaban J connectivity index is 1.33. The van der Waals surface area contributed by atoms with Crippen molar-refractivity contribution in [2.75, 3.05) is 46.3 Å². The van der Waals surface area contributed by atoms with Crippen molar-refractivity contribution >= 4 is 53.1 Å². The molecule has 0 radical (unpaired) electrons. The fourth-order valence-corrected chi connectivity index (χ4v) is 8.21. The van der Waals surface area contributed by atoms with Gasteiger partial charge >= 0.3 is 18.1 Å². The summed E-state index contributed by atoms with van der Waals surface area (Å²) in [5, 5.41) is 17.3. The average Bonchev–Trinajstić information content (AvgIpc) is 3.82. The van der Waals surface area contributed by atoms with E-state index >= 15 is 0 Å². The van der Waals surface area contributed by atoms with Crippen LogP contribution in [0.4, 0.5) is 15.3 Å². The predicted molar refractivity (Wildman–Crippen MR) is 224 cm³/mol. The second kappa shape index (κ2) is 19.8. The smallest absolute Gasteiger partial charge is 0.409 e. The van der Waals surface area contributed by atoms with Gasteiger partial charge in [0.2, 0.25) is 5.91 Å². The van der Waals surface area contributed by atoms with E-state index in [-0.39, 0.29) is 29.7 Å². The predicted octanol–water partition coefficient (Wildman–Crippen LogP) is 4.18. The number of fused-ring (bicyclic) bond motifs is 5. The Morgan fingerprint density at radius 2 is 1.80 bits per heavy atom. The molecule has 4 heterocycles. The molecule has 0 aliphatic carbocycles. The lowest BCUT2D eigenvalue weighted by molar-refractivity contribution is -0.158. The van der Waals surface area contributed by atoms with E-state index in [2.05, 4.69) is 10.6 Å². The second-order valence-electron chi connectivity index (χ2n) is 16.3. The number of esters is 1. The van der Waals surface area contributed by atoms with Gasteiger partial charge < -0.3 is 43.9 Å². The number of halogens is 1. The monoisotopic (exact) mass is 871 g/mol. The van der Waals surface area contributed by atoms with Crippen molar-refractivity contribution in [2.45, 2.75) is 114 Å². The second-order valence-corrected chi connectivity index (χ2v) is 16.7. The van der Waals surface area contributed by atoms with Gasteiger partial charge in [0.05, 0.1) is 25.3 Å². The van der Waals surface area contributed by atoms with Crippen LogP contribution in [-0.2, 0) is 44.5 Å². The van der Waals surface area contributed by atoms with Crippen LogP contribution in [0.5, 0.6) is 5.75 Å². The fraction of sp³-hybridized carbons (Fsp3) is 0.581. The summed E-state index contributed by atoms with van der Waals surface area (Å²) in [5.74, 6) is -2.10. The lowest BCUT2D eigenvalue weighted by Crippen LogP contribution is -2.63. The van der Waals surface area contributed by atoms with Gasteiger partial charge in [0, 0.05) is 58.8 Å². The summed E-state index contributed by atoms with van der Waals surface area (Å²) < 4.78 is 29.3. The standard InChI is InChI=1S/C43H58ClN5O12/c1-25-14-13-15-32(58-8)43(56)24-31(59-41(55)46-43)26(2)38-42(4,61-38)33(23-36(52)48(6)29-21-28(20-25)22-30(57-7)37(29)44)60-39(53)27(3)47(5)40(54)45-18-11-9-10-12-19-49-34(50)16-17-35(49)51/h13-17,21-22,26-27,31-33,38,56H,9-12,18-20,23-24H2,1-8H3,(H,45,54)(H,46,55). The number of amides is 6. The number of hydrogen-bond acceptors (Lipinski definition) is 12. The molecule has 3 N–H and O–H groups in total. The number of imide groups is 1. The minimum Gasteiger partial charge on any atom is -0.495 e. The number of benzene rings is 1. The number of aliphatic hydroxyl groups is 1. The van der Waals surface area contributed by atoms with Gasteiger partial charge in [0.25, 0.3) is 11.8 Å². The number of ether oxygens (including phenoxy) is 5. The van der Waals surface area contributed by atoms with Crippen molar-refractivity contribution < 1.29 is 57.6 Å². The molecule has 8 unspecified atom stereocenters. The number of nitrogens with one attached hydrogen (secondary N) is 2. The van der Waals surface area contributed by atoms with Crippen LogP contribution >= 0.6 is 11.6 Å². The van der Waals surface area contributed by atoms with E-state index in [9.17, 15) is 33.9 Å². The van der Waals surface area contributed by atoms with Gasteiger partial charge in [0.1, 0.15) is 40.7 Å². The highest BCUT2D eigenvalue weighted by Crippen LogP contribution is 2.49. The molecule has 17 nitrogen and oxygen atoms in total. The van der Waals surface area contributed by atoms with Crippen LogP contribution in [0.2, 0.25) is 5.02 Å². The van der Waals surface area contributed by atoms with Crippen molar-refractivity contribution in [3.63, 3.8) is 0 Å². The molecule has 4 aliphatic rings. The Morgan fingerprint density at radius 3 is 2.48 bits per heavy atom. The van der Waals surface area contributed by atoms with Gasteiger partial charge in [-0.1, -0.05) is 55.2 Å². The highest BCUT2D eigenvalue weighted by molar-refractivity contribution is 6.35. The molecule has 5 rings (SSSR count). The average molecular weight is 872 g/mol. The normalized spacial score (nSPS) is 28.4. The van der Waals surface area contributed by atoms with E-state index in [1.165, 1.54) is 55.0 Å². The third-order valence-corrected chi connectivity index (χ3v) is 12.3. The molecular formula is C43H58ClN5O12. The van der Waals surface area contributed by atoms with Crippen LogP contribution in [0, 0.1) is 5.92 Å². The highest BCUT2D eigenvalue weighted by Gasteiger charge is 2.64. The zero-order chi connectivity index (χ0) is 44.8. The van der Waals surface area contributed by atoms with Gasteiger partial charge in [0.15, 0.2) is 5.72 Å². The van der Waals surface area contributed by atoms with E-state index in [0.29, 0.717) is 43.8 Å². The molecular weight excluding hydrogens is 814 g/mol. The van der Waals surface area contributed by atoms with Crippen LogP contribution in [-0.4, -0.2) is 134 Å². The number of likely N-dealkylation sites (N-methyl/N-ethyl adjacent to an activating group) is 1. The summed E-state index contributed by atoms with van der Waals surface area (Å²) in [5.41, 5.74) is -1.05. The molecule has 0 aromatic heterocycles. The van der Waals surface area contributed by atoms with E-state index in [1.54, 1.807) is 45.2 Å². The molecule has 0 saturated carbocycles. The van der Waals surface area contributed by atoms with E-state index in [4.69, 9.17) is 35.3 Å². The van der Waals surface area contributed by atoms with Crippen molar-refractivity contribution in [1.29, 1.82) is 0 Å². The number of alkyl carbamates (subject to hydrolysis) is 1. The molecule has 4 bridgehead atoms. The summed E-state index contributed by atoms with van der Waals surface area (Å²) in [7, 11) is 5.91. The number of unbranched alkanes of at least 4 members (excludes halogenated alkanes) is 3. The number of anilines is 1. The van der Waals surface area contributed by atoms with Gasteiger partial charge in [-0.15, -0.1) is 0 Å². The SMILES string of the molecule is COc1cc2cc(c1Cl)N(C)C(=O)CC(OC(=O)C(C)N(C)C(=O)NCCCCCCN1C(=O)C=CC1=O)C1(C)OC1C(C)C1CC(O)(NC(=O)O1)C(OC)C=CC=C(C)C2. The van der Waals surface area contributed by atoms with E-state index < -0.39 is 71.7 Å². The summed E-state index contributed by atoms with van der Waals surface area (Å²) in [6.45, 7) is 7.56. The Labute approximate surface area is 361 Å². The summed E-state index contributed by atoms with van der Waals surface area (Å²) >= 11 is 6.78. The molecule has 334 valence electrons. The lowest BCUT2D eigenvalue weighted by atomic mass is 9.83. The minimum absolute atomic E-state index is 0.0765. The summed E-state index contributed by atoms with van der Waals surface area (Å²) in [4.78, 5) is 81.4. The quantitative estimate of drug-likeness (QED) is 0.117. The number of urea groups is 1. The van der Waals surface area contributed by atoms with Gasteiger partial charge in [-0.2, -0.15) is 0 Å². The van der Waals surface area contributed by atoms with E-state index in [0.717, 1.165) is 24.0 Å². The number of rotatable bonds is 12. The molecule has 2 fully saturated rings. The van der Waals surface area contributed by atoms with Crippen LogP contribution in [0.15, 0.2) is 48.1 Å². The topological polar surface area (TPSA) is 206 Å². The third-order valence-electron chi connectivity index (χ3n) is 11.9. The minimum atomic E-state index is -1.85. The number of carbonyl (C=O) groups excluding carboxylic acids is 6. The van der Waals surface area contributed by atoms with Gasteiger partial charge in [-0.25, -0.2) is 14.4 Å². The Hall–Kier alpha value is -4.97. The van der Waals surface area contributed by atoms with E-state index in [1.807, 2.05) is 13.0 Å². The summed E-state index contributed by atoms with van der Waals surface area (Å²) in [6, 6.07) is 1.96. The number of allylic oxidation sites excluding steroid dienone is 3. The van der Waals surface area contributed by atoms with Crippen molar-refractivity contribution in [1.82, 2.24) is 20.4 Å². The molecule has 61 heavy (non-hydrogen) atoms. The van der Waals surface area contributed by atoms with Crippen LogP contribution in [0.1, 0.15) is 71.8 Å². The van der Waals surface area contributed by atoms with Crippen molar-refractivity contribution in [3.8, 4) is 5.75 Å². The number of epoxide rings is 1. The van der Waals surface area contributed by atoms with Crippen LogP contribution in [0.3, 0.4) is 0 Å². The first-order chi connectivity index (χ1) is 28.8. The molecule has 1 aromatic carbocycles. The largest absolute Gasteiger partial charge is 0.495 e. The molecule has 8 atom stereocenters. The maximum atomic E-state index is 14.2. The fourth-order valence-electron chi connectivity index (χ4n) is 7.90. The highest BCUT2D eigenvalue weighted by atomic mass is 35.5. The maximum Gasteiger partial charge on any atom is 0.409 e. The Kier molecular flexibility index (Phi) is 15.3. The molecule has 1 aromatic rings. The maximum absolute atomic E-state index is 14.2. The lowest BCUT2D eigenvalue weighted by Gasteiger charge is -2.42.